The molecule has 0 aliphatic rings. The molecule has 1 atom stereocenters. The summed E-state index contributed by atoms with van der Waals surface area (Å²) in [5.74, 6) is -0.456. The zero-order chi connectivity index (χ0) is 26.4. The highest BCUT2D eigenvalue weighted by Crippen LogP contribution is 2.26. The fourth-order valence-electron chi connectivity index (χ4n) is 4.04. The molecule has 0 aliphatic carbocycles. The van der Waals surface area contributed by atoms with E-state index in [-0.39, 0.29) is 24.1 Å². The molecule has 3 N–H and O–H groups in total. The van der Waals surface area contributed by atoms with Crippen molar-refractivity contribution in [2.45, 2.75) is 32.2 Å². The van der Waals surface area contributed by atoms with Gasteiger partial charge in [-0.25, -0.2) is 0 Å². The van der Waals surface area contributed by atoms with Gasteiger partial charge in [-0.1, -0.05) is 29.8 Å². The molecule has 37 heavy (non-hydrogen) atoms. The van der Waals surface area contributed by atoms with Crippen molar-refractivity contribution >= 4 is 39.1 Å². The molecule has 194 valence electrons. The molecule has 3 aromatic heterocycles. The number of aliphatic hydroxyl groups is 2. The SMILES string of the molecule is CN(Cc1cc2c(=O)c(C(=O)NCc3ccc(Cl)cc3)cn(CCCO)c2s1)C[C@@H](O)c1ccccn1. The lowest BCUT2D eigenvalue weighted by molar-refractivity contribution is 0.0949. The molecule has 0 spiro atoms. The topological polar surface area (TPSA) is 108 Å². The standard InChI is InChI=1S/C27H29ClN4O4S/c1-31(17-24(34)23-5-2-3-10-29-23)15-20-13-21-25(35)22(16-32(11-4-12-33)27(21)37-20)26(36)30-14-18-6-8-19(28)9-7-18/h2-3,5-10,13,16,24,33-34H,4,11-12,14-15,17H2,1H3,(H,30,36)/t24-/m1/s1. The number of aryl methyl sites for hydroxylation is 1. The highest BCUT2D eigenvalue weighted by atomic mass is 35.5. The quantitative estimate of drug-likeness (QED) is 0.268. The Kier molecular flexibility index (Phi) is 9.07. The first-order valence-corrected chi connectivity index (χ1v) is 13.1. The fourth-order valence-corrected chi connectivity index (χ4v) is 5.40. The lowest BCUT2D eigenvalue weighted by atomic mass is 10.1. The van der Waals surface area contributed by atoms with Crippen LogP contribution in [0.5, 0.6) is 0 Å². The fraction of sp³-hybridized carbons (Fsp3) is 0.296. The van der Waals surface area contributed by atoms with Gasteiger partial charge in [0.1, 0.15) is 16.5 Å². The zero-order valence-electron chi connectivity index (χ0n) is 20.4. The number of nitrogens with zero attached hydrogens (tertiary/aromatic N) is 3. The Bertz CT molecular complexity index is 1410. The molecule has 4 aromatic rings. The number of nitrogens with one attached hydrogen (secondary N) is 1. The number of benzene rings is 1. The van der Waals surface area contributed by atoms with Crippen molar-refractivity contribution in [2.75, 3.05) is 20.2 Å². The number of likely N-dealkylation sites (N-methyl/N-ethyl adjacent to an activating group) is 1. The molecule has 10 heteroatoms. The Morgan fingerprint density at radius 2 is 2.03 bits per heavy atom. The summed E-state index contributed by atoms with van der Waals surface area (Å²) >= 11 is 7.40. The lowest BCUT2D eigenvalue weighted by Crippen LogP contribution is -2.29. The molecule has 1 amide bonds. The van der Waals surface area contributed by atoms with Crippen LogP contribution < -0.4 is 10.7 Å². The van der Waals surface area contributed by atoms with E-state index < -0.39 is 12.0 Å². The molecule has 0 fully saturated rings. The zero-order valence-corrected chi connectivity index (χ0v) is 22.0. The average molecular weight is 541 g/mol. The first kappa shape index (κ1) is 27.0. The van der Waals surface area contributed by atoms with E-state index in [4.69, 9.17) is 11.6 Å². The minimum atomic E-state index is -0.735. The Morgan fingerprint density at radius 1 is 1.24 bits per heavy atom. The van der Waals surface area contributed by atoms with Crippen LogP contribution in [0.25, 0.3) is 10.2 Å². The summed E-state index contributed by atoms with van der Waals surface area (Å²) in [6, 6.07) is 14.4. The smallest absolute Gasteiger partial charge is 0.257 e. The van der Waals surface area contributed by atoms with Crippen LogP contribution in [0.15, 0.2) is 65.7 Å². The van der Waals surface area contributed by atoms with E-state index in [1.807, 2.05) is 40.8 Å². The Balaban J connectivity index is 1.55. The average Bonchev–Trinajstić information content (AvgIpc) is 3.32. The molecule has 8 nitrogen and oxygen atoms in total. The van der Waals surface area contributed by atoms with Crippen LogP contribution in [0.3, 0.4) is 0 Å². The first-order chi connectivity index (χ1) is 17.9. The van der Waals surface area contributed by atoms with Crippen LogP contribution >= 0.6 is 22.9 Å². The van der Waals surface area contributed by atoms with Gasteiger partial charge in [-0.15, -0.1) is 11.3 Å². The second-order valence-corrected chi connectivity index (χ2v) is 10.4. The van der Waals surface area contributed by atoms with Crippen LogP contribution in [0.4, 0.5) is 0 Å². The second kappa shape index (κ2) is 12.4. The van der Waals surface area contributed by atoms with Crippen LogP contribution in [0.2, 0.25) is 5.02 Å². The lowest BCUT2D eigenvalue weighted by Gasteiger charge is -2.19. The Labute approximate surface area is 223 Å². The number of thiophene rings is 1. The molecule has 1 aromatic carbocycles. The van der Waals surface area contributed by atoms with Gasteiger partial charge in [-0.3, -0.25) is 19.5 Å². The summed E-state index contributed by atoms with van der Waals surface area (Å²) in [7, 11) is 1.89. The van der Waals surface area contributed by atoms with E-state index in [0.29, 0.717) is 42.2 Å². The number of hydrogen-bond acceptors (Lipinski definition) is 7. The molecule has 3 heterocycles. The van der Waals surface area contributed by atoms with Gasteiger partial charge in [0.05, 0.1) is 11.1 Å². The minimum absolute atomic E-state index is 0.00189. The van der Waals surface area contributed by atoms with Gasteiger partial charge in [0, 0.05) is 55.1 Å². The van der Waals surface area contributed by atoms with Crippen molar-refractivity contribution in [3.8, 4) is 0 Å². The van der Waals surface area contributed by atoms with E-state index in [9.17, 15) is 19.8 Å². The van der Waals surface area contributed by atoms with Crippen molar-refractivity contribution in [1.82, 2.24) is 19.8 Å². The summed E-state index contributed by atoms with van der Waals surface area (Å²) < 4.78 is 1.86. The predicted molar refractivity (Wildman–Crippen MR) is 146 cm³/mol. The van der Waals surface area contributed by atoms with Gasteiger partial charge in [-0.05, 0) is 49.4 Å². The number of amides is 1. The van der Waals surface area contributed by atoms with Crippen molar-refractivity contribution in [3.63, 3.8) is 0 Å². The van der Waals surface area contributed by atoms with Crippen molar-refractivity contribution in [3.05, 3.63) is 97.9 Å². The van der Waals surface area contributed by atoms with Crippen molar-refractivity contribution < 1.29 is 15.0 Å². The van der Waals surface area contributed by atoms with Crippen LogP contribution in [-0.2, 0) is 19.6 Å². The number of hydrogen-bond donors (Lipinski definition) is 3. The second-order valence-electron chi connectivity index (χ2n) is 8.85. The van der Waals surface area contributed by atoms with E-state index in [0.717, 1.165) is 15.3 Å². The van der Waals surface area contributed by atoms with Gasteiger partial charge in [0.25, 0.3) is 5.91 Å². The van der Waals surface area contributed by atoms with E-state index >= 15 is 0 Å². The van der Waals surface area contributed by atoms with Gasteiger partial charge >= 0.3 is 0 Å². The summed E-state index contributed by atoms with van der Waals surface area (Å²) in [6.07, 6.45) is 2.98. The maximum Gasteiger partial charge on any atom is 0.257 e. The molecule has 0 unspecified atom stereocenters. The molecular formula is C27H29ClN4O4S. The Morgan fingerprint density at radius 3 is 2.73 bits per heavy atom. The number of aromatic nitrogens is 2. The van der Waals surface area contributed by atoms with Gasteiger partial charge in [0.15, 0.2) is 0 Å². The summed E-state index contributed by atoms with van der Waals surface area (Å²) in [6.45, 7) is 1.62. The molecule has 0 radical (unpaired) electrons. The summed E-state index contributed by atoms with van der Waals surface area (Å²) in [5.41, 5.74) is 1.20. The van der Waals surface area contributed by atoms with E-state index in [2.05, 4.69) is 10.3 Å². The number of pyridine rings is 2. The molecule has 4 rings (SSSR count). The Hall–Kier alpha value is -3.08. The number of aliphatic hydroxyl groups excluding tert-OH is 2. The van der Waals surface area contributed by atoms with Crippen LogP contribution in [0, 0.1) is 0 Å². The molecule has 0 aliphatic heterocycles. The van der Waals surface area contributed by atoms with E-state index in [1.54, 1.807) is 36.7 Å². The molecule has 0 bridgehead atoms. The number of rotatable bonds is 11. The highest BCUT2D eigenvalue weighted by molar-refractivity contribution is 7.18. The monoisotopic (exact) mass is 540 g/mol. The van der Waals surface area contributed by atoms with Gasteiger partial charge < -0.3 is 20.1 Å². The maximum absolute atomic E-state index is 13.3. The van der Waals surface area contributed by atoms with Crippen molar-refractivity contribution in [2.24, 2.45) is 0 Å². The largest absolute Gasteiger partial charge is 0.396 e. The molecule has 0 saturated carbocycles. The third-order valence-electron chi connectivity index (χ3n) is 5.91. The highest BCUT2D eigenvalue weighted by Gasteiger charge is 2.19. The predicted octanol–water partition coefficient (Wildman–Crippen LogP) is 3.59. The number of halogens is 1. The number of carbonyl (C=O) groups is 1. The normalized spacial score (nSPS) is 12.2. The van der Waals surface area contributed by atoms with Crippen LogP contribution in [-0.4, -0.2) is 50.8 Å². The third-order valence-corrected chi connectivity index (χ3v) is 7.32. The number of carbonyl (C=O) groups excluding carboxylic acids is 1. The van der Waals surface area contributed by atoms with Crippen molar-refractivity contribution in [1.29, 1.82) is 0 Å². The van der Waals surface area contributed by atoms with E-state index in [1.165, 1.54) is 11.3 Å². The summed E-state index contributed by atoms with van der Waals surface area (Å²) in [5, 5.41) is 23.8. The summed E-state index contributed by atoms with van der Waals surface area (Å²) in [4.78, 5) is 34.1. The first-order valence-electron chi connectivity index (χ1n) is 11.9. The maximum atomic E-state index is 13.3. The molecule has 0 saturated heterocycles. The number of fused-ring (bicyclic) bond motifs is 1. The third kappa shape index (κ3) is 6.82. The molecular weight excluding hydrogens is 512 g/mol. The minimum Gasteiger partial charge on any atom is -0.396 e. The van der Waals surface area contributed by atoms with Gasteiger partial charge in [0.2, 0.25) is 5.43 Å². The van der Waals surface area contributed by atoms with Gasteiger partial charge in [-0.2, -0.15) is 0 Å². The van der Waals surface area contributed by atoms with Crippen LogP contribution in [0.1, 0.15) is 39.0 Å².